The van der Waals surface area contributed by atoms with Crippen molar-refractivity contribution in [3.05, 3.63) is 0 Å². The first kappa shape index (κ1) is 17.9. The lowest BCUT2D eigenvalue weighted by atomic mass is 9.84. The van der Waals surface area contributed by atoms with Gasteiger partial charge in [0.15, 0.2) is 0 Å². The molecule has 0 spiro atoms. The Labute approximate surface area is 116 Å². The Hall–Kier alpha value is -0.0800. The molecule has 0 radical (unpaired) electrons. The molecule has 0 amide bonds. The van der Waals surface area contributed by atoms with Gasteiger partial charge in [0.2, 0.25) is 0 Å². The van der Waals surface area contributed by atoms with Gasteiger partial charge in [-0.1, -0.05) is 47.5 Å². The Bertz CT molecular complexity index is 182. The molecule has 0 aromatic heterocycles. The van der Waals surface area contributed by atoms with Gasteiger partial charge >= 0.3 is 0 Å². The van der Waals surface area contributed by atoms with Gasteiger partial charge in [0.1, 0.15) is 0 Å². The third-order valence-corrected chi connectivity index (χ3v) is 3.97. The Morgan fingerprint density at radius 1 is 1.00 bits per heavy atom. The average molecular weight is 256 g/mol. The first-order valence-corrected chi connectivity index (χ1v) is 7.93. The fraction of sp³-hybridized carbons (Fsp3) is 1.00. The lowest BCUT2D eigenvalue weighted by Gasteiger charge is -2.37. The zero-order valence-electron chi connectivity index (χ0n) is 13.7. The molecule has 0 saturated heterocycles. The number of unbranched alkanes of at least 4 members (excludes halogenated alkanes) is 2. The molecule has 0 heterocycles. The zero-order valence-corrected chi connectivity index (χ0v) is 13.7. The van der Waals surface area contributed by atoms with E-state index >= 15 is 0 Å². The van der Waals surface area contributed by atoms with Crippen LogP contribution in [0.1, 0.15) is 67.2 Å². The number of rotatable bonds is 11. The van der Waals surface area contributed by atoms with Gasteiger partial charge in [-0.2, -0.15) is 0 Å². The van der Waals surface area contributed by atoms with E-state index in [-0.39, 0.29) is 0 Å². The molecule has 0 fully saturated rings. The lowest BCUT2D eigenvalue weighted by molar-refractivity contribution is 0.140. The Morgan fingerprint density at radius 2 is 1.50 bits per heavy atom. The van der Waals surface area contributed by atoms with E-state index in [2.05, 4.69) is 51.8 Å². The summed E-state index contributed by atoms with van der Waals surface area (Å²) in [5, 5.41) is 3.58. The minimum Gasteiger partial charge on any atom is -0.314 e. The summed E-state index contributed by atoms with van der Waals surface area (Å²) >= 11 is 0. The first-order chi connectivity index (χ1) is 8.47. The predicted molar refractivity (Wildman–Crippen MR) is 83.2 cm³/mol. The molecule has 18 heavy (non-hydrogen) atoms. The van der Waals surface area contributed by atoms with E-state index in [0.717, 1.165) is 6.54 Å². The predicted octanol–water partition coefficient (Wildman–Crippen LogP) is 3.91. The molecule has 0 aliphatic rings. The molecule has 1 atom stereocenters. The van der Waals surface area contributed by atoms with Crippen molar-refractivity contribution in [2.75, 3.05) is 26.2 Å². The van der Waals surface area contributed by atoms with Crippen LogP contribution in [0.25, 0.3) is 0 Å². The van der Waals surface area contributed by atoms with Crippen molar-refractivity contribution in [2.45, 2.75) is 73.3 Å². The largest absolute Gasteiger partial charge is 0.314 e. The third kappa shape index (κ3) is 7.38. The molecule has 110 valence electrons. The minimum absolute atomic E-state index is 0.345. The Balaban J connectivity index is 4.32. The second kappa shape index (κ2) is 9.80. The van der Waals surface area contributed by atoms with Crippen LogP contribution in [0.3, 0.4) is 0 Å². The van der Waals surface area contributed by atoms with E-state index in [1.807, 2.05) is 0 Å². The second-order valence-electron chi connectivity index (χ2n) is 6.25. The van der Waals surface area contributed by atoms with Crippen LogP contribution in [-0.2, 0) is 0 Å². The lowest BCUT2D eigenvalue weighted by Crippen LogP contribution is -2.47. The summed E-state index contributed by atoms with van der Waals surface area (Å²) in [6, 6.07) is 0.577. The van der Waals surface area contributed by atoms with E-state index in [4.69, 9.17) is 0 Å². The summed E-state index contributed by atoms with van der Waals surface area (Å²) < 4.78 is 0. The molecule has 0 aliphatic heterocycles. The quantitative estimate of drug-likeness (QED) is 0.603. The smallest absolute Gasteiger partial charge is 0.0102 e. The summed E-state index contributed by atoms with van der Waals surface area (Å²) in [7, 11) is 0. The molecule has 0 rings (SSSR count). The van der Waals surface area contributed by atoms with Crippen LogP contribution in [0, 0.1) is 5.41 Å². The number of hydrogen-bond acceptors (Lipinski definition) is 2. The van der Waals surface area contributed by atoms with Crippen molar-refractivity contribution < 1.29 is 0 Å². The standard InChI is InChI=1S/C16H36N2/c1-7-10-12-18(13-11-8-2)14-16(5,6)15(4)17-9-3/h15,17H,7-14H2,1-6H3. The highest BCUT2D eigenvalue weighted by molar-refractivity contribution is 4.83. The van der Waals surface area contributed by atoms with Crippen molar-refractivity contribution in [2.24, 2.45) is 5.41 Å². The van der Waals surface area contributed by atoms with Crippen molar-refractivity contribution in [3.63, 3.8) is 0 Å². The van der Waals surface area contributed by atoms with Gasteiger partial charge in [0.05, 0.1) is 0 Å². The van der Waals surface area contributed by atoms with Gasteiger partial charge in [0, 0.05) is 12.6 Å². The van der Waals surface area contributed by atoms with Crippen LogP contribution in [-0.4, -0.2) is 37.1 Å². The SMILES string of the molecule is CCCCN(CCCC)CC(C)(C)C(C)NCC. The van der Waals surface area contributed by atoms with Gasteiger partial charge in [0.25, 0.3) is 0 Å². The fourth-order valence-electron chi connectivity index (χ4n) is 2.33. The van der Waals surface area contributed by atoms with Crippen LogP contribution in [0.5, 0.6) is 0 Å². The topological polar surface area (TPSA) is 15.3 Å². The summed E-state index contributed by atoms with van der Waals surface area (Å²) in [6.07, 6.45) is 5.25. The molecule has 0 aliphatic carbocycles. The van der Waals surface area contributed by atoms with Crippen LogP contribution in [0.2, 0.25) is 0 Å². The van der Waals surface area contributed by atoms with Gasteiger partial charge in [-0.15, -0.1) is 0 Å². The van der Waals surface area contributed by atoms with Crippen molar-refractivity contribution >= 4 is 0 Å². The summed E-state index contributed by atoms with van der Waals surface area (Å²) in [5.41, 5.74) is 0.345. The van der Waals surface area contributed by atoms with E-state index in [0.29, 0.717) is 11.5 Å². The Kier molecular flexibility index (Phi) is 9.76. The maximum atomic E-state index is 3.58. The zero-order chi connectivity index (χ0) is 14.0. The van der Waals surface area contributed by atoms with Crippen molar-refractivity contribution in [3.8, 4) is 0 Å². The highest BCUT2D eigenvalue weighted by Crippen LogP contribution is 2.22. The maximum absolute atomic E-state index is 3.58. The molecule has 0 saturated carbocycles. The van der Waals surface area contributed by atoms with Crippen LogP contribution in [0.4, 0.5) is 0 Å². The van der Waals surface area contributed by atoms with E-state index < -0.39 is 0 Å². The summed E-state index contributed by atoms with van der Waals surface area (Å²) in [4.78, 5) is 2.67. The molecule has 0 bridgehead atoms. The molecule has 2 nitrogen and oxygen atoms in total. The third-order valence-electron chi connectivity index (χ3n) is 3.97. The fourth-order valence-corrected chi connectivity index (χ4v) is 2.33. The highest BCUT2D eigenvalue weighted by atomic mass is 15.1. The van der Waals surface area contributed by atoms with Gasteiger partial charge in [-0.05, 0) is 44.8 Å². The van der Waals surface area contributed by atoms with Crippen molar-refractivity contribution in [1.82, 2.24) is 10.2 Å². The molecule has 2 heteroatoms. The molecule has 0 aromatic rings. The average Bonchev–Trinajstić information content (AvgIpc) is 2.32. The van der Waals surface area contributed by atoms with E-state index in [1.165, 1.54) is 45.3 Å². The Morgan fingerprint density at radius 3 is 1.89 bits per heavy atom. The van der Waals surface area contributed by atoms with Gasteiger partial charge < -0.3 is 10.2 Å². The van der Waals surface area contributed by atoms with Gasteiger partial charge in [-0.3, -0.25) is 0 Å². The minimum atomic E-state index is 0.345. The van der Waals surface area contributed by atoms with Crippen LogP contribution < -0.4 is 5.32 Å². The maximum Gasteiger partial charge on any atom is 0.0102 e. The number of hydrogen-bond donors (Lipinski definition) is 1. The molecule has 1 unspecified atom stereocenters. The van der Waals surface area contributed by atoms with Crippen LogP contribution >= 0.6 is 0 Å². The number of nitrogens with zero attached hydrogens (tertiary/aromatic N) is 1. The normalized spacial score (nSPS) is 14.2. The highest BCUT2D eigenvalue weighted by Gasteiger charge is 2.27. The summed E-state index contributed by atoms with van der Waals surface area (Å²) in [5.74, 6) is 0. The molecule has 1 N–H and O–H groups in total. The first-order valence-electron chi connectivity index (χ1n) is 7.93. The summed E-state index contributed by atoms with van der Waals surface area (Å²) in [6.45, 7) is 18.7. The van der Waals surface area contributed by atoms with Crippen molar-refractivity contribution in [1.29, 1.82) is 0 Å². The molecule has 0 aromatic carbocycles. The molecular formula is C16H36N2. The second-order valence-corrected chi connectivity index (χ2v) is 6.25. The number of nitrogens with one attached hydrogen (secondary N) is 1. The van der Waals surface area contributed by atoms with E-state index in [1.54, 1.807) is 0 Å². The van der Waals surface area contributed by atoms with Gasteiger partial charge in [-0.25, -0.2) is 0 Å². The molecular weight excluding hydrogens is 220 g/mol. The van der Waals surface area contributed by atoms with Crippen LogP contribution in [0.15, 0.2) is 0 Å². The monoisotopic (exact) mass is 256 g/mol. The van der Waals surface area contributed by atoms with E-state index in [9.17, 15) is 0 Å².